The van der Waals surface area contributed by atoms with E-state index < -0.39 is 0 Å². The topological polar surface area (TPSA) is 37.4 Å². The van der Waals surface area contributed by atoms with Gasteiger partial charge >= 0.3 is 0 Å². The van der Waals surface area contributed by atoms with Crippen LogP contribution in [0.2, 0.25) is 0 Å². The highest BCUT2D eigenvalue weighted by Gasteiger charge is 2.33. The molecule has 0 aromatic heterocycles. The molecule has 0 spiro atoms. The first kappa shape index (κ1) is 12.0. The van der Waals surface area contributed by atoms with E-state index in [4.69, 9.17) is 0 Å². The van der Waals surface area contributed by atoms with E-state index in [2.05, 4.69) is 15.9 Å². The van der Waals surface area contributed by atoms with Crippen molar-refractivity contribution in [3.8, 4) is 0 Å². The SMILES string of the molecule is CC(Br)/C=C/CN1C(=O)c2ccccc2C1=O. The molecule has 1 aliphatic heterocycles. The quantitative estimate of drug-likeness (QED) is 0.488. The Morgan fingerprint density at radius 3 is 2.24 bits per heavy atom. The van der Waals surface area contributed by atoms with Crippen LogP contribution in [0.1, 0.15) is 27.6 Å². The highest BCUT2D eigenvalue weighted by Crippen LogP contribution is 2.22. The highest BCUT2D eigenvalue weighted by molar-refractivity contribution is 9.09. The summed E-state index contributed by atoms with van der Waals surface area (Å²) in [5.41, 5.74) is 0.996. The van der Waals surface area contributed by atoms with Crippen LogP contribution in [0.5, 0.6) is 0 Å². The van der Waals surface area contributed by atoms with Crippen molar-refractivity contribution in [1.82, 2.24) is 4.90 Å². The van der Waals surface area contributed by atoms with Crippen molar-refractivity contribution in [2.45, 2.75) is 11.8 Å². The molecule has 1 aromatic carbocycles. The first-order chi connectivity index (χ1) is 8.11. The number of hydrogen-bond donors (Lipinski definition) is 0. The summed E-state index contributed by atoms with van der Waals surface area (Å²) < 4.78 is 0. The van der Waals surface area contributed by atoms with Crippen LogP contribution >= 0.6 is 15.9 Å². The second kappa shape index (κ2) is 4.84. The maximum atomic E-state index is 11.9. The smallest absolute Gasteiger partial charge is 0.261 e. The normalized spacial score (nSPS) is 16.7. The van der Waals surface area contributed by atoms with E-state index in [0.717, 1.165) is 0 Å². The van der Waals surface area contributed by atoms with Gasteiger partial charge in [0.05, 0.1) is 11.1 Å². The van der Waals surface area contributed by atoms with Crippen LogP contribution in [0.3, 0.4) is 0 Å². The zero-order chi connectivity index (χ0) is 12.4. The molecule has 0 bridgehead atoms. The minimum atomic E-state index is -0.211. The van der Waals surface area contributed by atoms with Gasteiger partial charge in [0, 0.05) is 11.4 Å². The summed E-state index contributed by atoms with van der Waals surface area (Å²) in [7, 11) is 0. The summed E-state index contributed by atoms with van der Waals surface area (Å²) in [6.07, 6.45) is 3.73. The van der Waals surface area contributed by atoms with E-state index in [1.807, 2.05) is 19.1 Å². The molecule has 88 valence electrons. The molecule has 0 aliphatic carbocycles. The van der Waals surface area contributed by atoms with Gasteiger partial charge in [-0.1, -0.05) is 40.2 Å². The molecule has 1 aromatic rings. The number of allylic oxidation sites excluding steroid dienone is 1. The molecule has 0 fully saturated rings. The van der Waals surface area contributed by atoms with E-state index in [1.165, 1.54) is 4.90 Å². The molecule has 0 saturated heterocycles. The van der Waals surface area contributed by atoms with Crippen molar-refractivity contribution in [2.75, 3.05) is 6.54 Å². The second-order valence-corrected chi connectivity index (χ2v) is 5.32. The number of alkyl halides is 1. The van der Waals surface area contributed by atoms with Crippen molar-refractivity contribution in [1.29, 1.82) is 0 Å². The van der Waals surface area contributed by atoms with Gasteiger partial charge in [0.2, 0.25) is 0 Å². The van der Waals surface area contributed by atoms with E-state index >= 15 is 0 Å². The molecule has 3 nitrogen and oxygen atoms in total. The second-order valence-electron chi connectivity index (χ2n) is 3.87. The summed E-state index contributed by atoms with van der Waals surface area (Å²) in [5, 5.41) is 0. The number of carbonyl (C=O) groups is 2. The van der Waals surface area contributed by atoms with Crippen LogP contribution in [0.15, 0.2) is 36.4 Å². The average Bonchev–Trinajstić information content (AvgIpc) is 2.54. The Hall–Kier alpha value is -1.42. The van der Waals surface area contributed by atoms with Crippen LogP contribution in [-0.2, 0) is 0 Å². The number of carbonyl (C=O) groups excluding carboxylic acids is 2. The Labute approximate surface area is 108 Å². The number of hydrogen-bond acceptors (Lipinski definition) is 2. The zero-order valence-corrected chi connectivity index (χ0v) is 11.0. The summed E-state index contributed by atoms with van der Waals surface area (Å²) >= 11 is 3.37. The molecule has 2 amide bonds. The predicted octanol–water partition coefficient (Wildman–Crippen LogP) is 2.62. The van der Waals surface area contributed by atoms with E-state index in [9.17, 15) is 9.59 Å². The van der Waals surface area contributed by atoms with Crippen LogP contribution < -0.4 is 0 Å². The molecule has 2 rings (SSSR count). The van der Waals surface area contributed by atoms with Gasteiger partial charge in [-0.3, -0.25) is 14.5 Å². The largest absolute Gasteiger partial charge is 0.270 e. The van der Waals surface area contributed by atoms with Gasteiger partial charge < -0.3 is 0 Å². The minimum absolute atomic E-state index is 0.211. The molecular formula is C13H12BrNO2. The summed E-state index contributed by atoms with van der Waals surface area (Å²) in [6, 6.07) is 6.91. The standard InChI is InChI=1S/C13H12BrNO2/c1-9(14)5-4-8-15-12(16)10-6-2-3-7-11(10)13(15)17/h2-7,9H,8H2,1H3/b5-4+. The van der Waals surface area contributed by atoms with Crippen LogP contribution in [0.4, 0.5) is 0 Å². The molecule has 1 atom stereocenters. The zero-order valence-electron chi connectivity index (χ0n) is 9.39. The van der Waals surface area contributed by atoms with E-state index in [0.29, 0.717) is 17.7 Å². The molecule has 4 heteroatoms. The lowest BCUT2D eigenvalue weighted by molar-refractivity contribution is 0.0672. The fraction of sp³-hybridized carbons (Fsp3) is 0.231. The number of rotatable bonds is 3. The van der Waals surface area contributed by atoms with Gasteiger partial charge in [-0.05, 0) is 19.1 Å². The predicted molar refractivity (Wildman–Crippen MR) is 69.3 cm³/mol. The summed E-state index contributed by atoms with van der Waals surface area (Å²) in [5.74, 6) is -0.421. The Morgan fingerprint density at radius 2 is 1.76 bits per heavy atom. The van der Waals surface area contributed by atoms with Gasteiger partial charge in [-0.15, -0.1) is 0 Å². The third-order valence-corrected chi connectivity index (χ3v) is 2.87. The van der Waals surface area contributed by atoms with Crippen molar-refractivity contribution >= 4 is 27.7 Å². The van der Waals surface area contributed by atoms with Crippen molar-refractivity contribution in [3.05, 3.63) is 47.5 Å². The lowest BCUT2D eigenvalue weighted by atomic mass is 10.1. The molecule has 17 heavy (non-hydrogen) atoms. The first-order valence-electron chi connectivity index (χ1n) is 5.37. The molecular weight excluding hydrogens is 282 g/mol. The number of amides is 2. The molecule has 1 unspecified atom stereocenters. The van der Waals surface area contributed by atoms with Gasteiger partial charge in [0.15, 0.2) is 0 Å². The fourth-order valence-corrected chi connectivity index (χ4v) is 1.97. The van der Waals surface area contributed by atoms with Gasteiger partial charge in [-0.25, -0.2) is 0 Å². The van der Waals surface area contributed by atoms with Crippen LogP contribution in [0.25, 0.3) is 0 Å². The third kappa shape index (κ3) is 2.31. The molecule has 0 saturated carbocycles. The van der Waals surface area contributed by atoms with Crippen molar-refractivity contribution in [2.24, 2.45) is 0 Å². The number of imide groups is 1. The van der Waals surface area contributed by atoms with Crippen LogP contribution in [0, 0.1) is 0 Å². The summed E-state index contributed by atoms with van der Waals surface area (Å²) in [6.45, 7) is 2.29. The minimum Gasteiger partial charge on any atom is -0.270 e. The van der Waals surface area contributed by atoms with Crippen molar-refractivity contribution in [3.63, 3.8) is 0 Å². The Morgan fingerprint density at radius 1 is 1.24 bits per heavy atom. The molecule has 0 N–H and O–H groups in total. The Bertz CT molecular complexity index is 459. The van der Waals surface area contributed by atoms with Crippen molar-refractivity contribution < 1.29 is 9.59 Å². The molecule has 1 aliphatic rings. The van der Waals surface area contributed by atoms with Gasteiger partial charge in [-0.2, -0.15) is 0 Å². The van der Waals surface area contributed by atoms with Gasteiger partial charge in [0.25, 0.3) is 11.8 Å². The Kier molecular flexibility index (Phi) is 3.43. The number of halogens is 1. The number of benzene rings is 1. The third-order valence-electron chi connectivity index (χ3n) is 2.57. The van der Waals surface area contributed by atoms with Gasteiger partial charge in [0.1, 0.15) is 0 Å². The lowest BCUT2D eigenvalue weighted by Gasteiger charge is -2.10. The maximum Gasteiger partial charge on any atom is 0.261 e. The first-order valence-corrected chi connectivity index (χ1v) is 6.29. The highest BCUT2D eigenvalue weighted by atomic mass is 79.9. The van der Waals surface area contributed by atoms with E-state index in [1.54, 1.807) is 24.3 Å². The molecule has 0 radical (unpaired) electrons. The Balaban J connectivity index is 2.19. The number of nitrogens with zero attached hydrogens (tertiary/aromatic N) is 1. The van der Waals surface area contributed by atoms with E-state index in [-0.39, 0.29) is 16.6 Å². The summed E-state index contributed by atoms with van der Waals surface area (Å²) in [4.78, 5) is 25.4. The molecule has 1 heterocycles. The lowest BCUT2D eigenvalue weighted by Crippen LogP contribution is -2.29. The average molecular weight is 294 g/mol. The van der Waals surface area contributed by atoms with Crippen LogP contribution in [-0.4, -0.2) is 28.1 Å². The number of fused-ring (bicyclic) bond motifs is 1. The monoisotopic (exact) mass is 293 g/mol. The maximum absolute atomic E-state index is 11.9. The fourth-order valence-electron chi connectivity index (χ4n) is 1.76.